The van der Waals surface area contributed by atoms with Crippen LogP contribution < -0.4 is 16.2 Å². The van der Waals surface area contributed by atoms with Gasteiger partial charge in [0.2, 0.25) is 11.9 Å². The molecule has 0 aromatic carbocycles. The molecular formula is C13H18N8O2. The summed E-state index contributed by atoms with van der Waals surface area (Å²) in [6, 6.07) is 1.02. The van der Waals surface area contributed by atoms with Crippen molar-refractivity contribution in [3.8, 4) is 0 Å². The molecule has 3 N–H and O–H groups in total. The van der Waals surface area contributed by atoms with Gasteiger partial charge in [0.15, 0.2) is 0 Å². The second-order valence-electron chi connectivity index (χ2n) is 5.35. The lowest BCUT2D eigenvalue weighted by Crippen LogP contribution is -2.50. The number of carbonyl (C=O) groups excluding carboxylic acids is 1. The van der Waals surface area contributed by atoms with E-state index in [2.05, 4.69) is 20.1 Å². The highest BCUT2D eigenvalue weighted by Gasteiger charge is 2.26. The van der Waals surface area contributed by atoms with Gasteiger partial charge in [-0.05, 0) is 6.92 Å². The van der Waals surface area contributed by atoms with E-state index < -0.39 is 6.04 Å². The zero-order chi connectivity index (χ0) is 16.4. The van der Waals surface area contributed by atoms with E-state index in [9.17, 15) is 9.59 Å². The first kappa shape index (κ1) is 15.0. The largest absolute Gasteiger partial charge is 0.369 e. The maximum atomic E-state index is 12.5. The summed E-state index contributed by atoms with van der Waals surface area (Å²) in [5.41, 5.74) is 5.28. The first-order valence-corrected chi connectivity index (χ1v) is 7.29. The first-order chi connectivity index (χ1) is 11.0. The quantitative estimate of drug-likeness (QED) is 0.732. The molecular weight excluding hydrogens is 300 g/mol. The van der Waals surface area contributed by atoms with E-state index in [1.165, 1.54) is 23.4 Å². The highest BCUT2D eigenvalue weighted by molar-refractivity contribution is 5.80. The van der Waals surface area contributed by atoms with Crippen LogP contribution in [0.25, 0.3) is 0 Å². The normalized spacial score (nSPS) is 16.4. The summed E-state index contributed by atoms with van der Waals surface area (Å²) in [5.74, 6) is 0.613. The molecule has 2 aromatic rings. The highest BCUT2D eigenvalue weighted by Crippen LogP contribution is 2.15. The highest BCUT2D eigenvalue weighted by atomic mass is 16.2. The van der Waals surface area contributed by atoms with Crippen molar-refractivity contribution in [1.29, 1.82) is 0 Å². The lowest BCUT2D eigenvalue weighted by molar-refractivity contribution is -0.134. The minimum atomic E-state index is -0.391. The molecule has 23 heavy (non-hydrogen) atoms. The number of nitrogens with one attached hydrogen (secondary N) is 1. The van der Waals surface area contributed by atoms with Gasteiger partial charge < -0.3 is 15.5 Å². The van der Waals surface area contributed by atoms with Gasteiger partial charge in [-0.15, -0.1) is 0 Å². The van der Waals surface area contributed by atoms with Crippen LogP contribution in [-0.2, 0) is 4.79 Å². The number of hydrogen-bond acceptors (Lipinski definition) is 7. The molecule has 0 radical (unpaired) electrons. The van der Waals surface area contributed by atoms with Gasteiger partial charge in [0.05, 0.1) is 0 Å². The first-order valence-electron chi connectivity index (χ1n) is 7.29. The fraction of sp³-hybridized carbons (Fsp3) is 0.462. The van der Waals surface area contributed by atoms with Crippen molar-refractivity contribution in [1.82, 2.24) is 29.6 Å². The van der Waals surface area contributed by atoms with Gasteiger partial charge in [0.1, 0.15) is 24.5 Å². The van der Waals surface area contributed by atoms with Gasteiger partial charge in [-0.1, -0.05) is 0 Å². The molecule has 0 bridgehead atoms. The maximum absolute atomic E-state index is 12.5. The second kappa shape index (κ2) is 6.07. The Morgan fingerprint density at radius 1 is 1.35 bits per heavy atom. The van der Waals surface area contributed by atoms with Gasteiger partial charge in [-0.25, -0.2) is 9.67 Å². The molecule has 122 valence electrons. The van der Waals surface area contributed by atoms with Crippen molar-refractivity contribution in [3.63, 3.8) is 0 Å². The summed E-state index contributed by atoms with van der Waals surface area (Å²) in [6.07, 6.45) is 2.94. The zero-order valence-corrected chi connectivity index (χ0v) is 12.7. The average molecular weight is 318 g/mol. The summed E-state index contributed by atoms with van der Waals surface area (Å²) in [5, 5.41) is 4.00. The summed E-state index contributed by atoms with van der Waals surface area (Å²) in [7, 11) is 0. The van der Waals surface area contributed by atoms with Crippen molar-refractivity contribution in [3.05, 3.63) is 29.1 Å². The number of piperazine rings is 1. The van der Waals surface area contributed by atoms with E-state index in [0.717, 1.165) is 0 Å². The van der Waals surface area contributed by atoms with Crippen molar-refractivity contribution in [2.75, 3.05) is 36.8 Å². The minimum Gasteiger partial charge on any atom is -0.369 e. The second-order valence-corrected chi connectivity index (χ2v) is 5.35. The van der Waals surface area contributed by atoms with Crippen LogP contribution in [0.2, 0.25) is 0 Å². The third kappa shape index (κ3) is 3.15. The van der Waals surface area contributed by atoms with E-state index >= 15 is 0 Å². The number of nitrogens with two attached hydrogens (primary N) is 1. The lowest BCUT2D eigenvalue weighted by Gasteiger charge is -2.36. The number of nitrogens with zero attached hydrogens (tertiary/aromatic N) is 6. The molecule has 10 heteroatoms. The Morgan fingerprint density at radius 2 is 2.09 bits per heavy atom. The van der Waals surface area contributed by atoms with E-state index in [0.29, 0.717) is 32.0 Å². The molecule has 1 fully saturated rings. The van der Waals surface area contributed by atoms with Gasteiger partial charge in [-0.2, -0.15) is 10.1 Å². The van der Waals surface area contributed by atoms with Crippen LogP contribution in [0.15, 0.2) is 23.5 Å². The molecule has 1 amide bonds. The molecule has 1 saturated heterocycles. The molecule has 1 unspecified atom stereocenters. The zero-order valence-electron chi connectivity index (χ0n) is 12.7. The molecule has 2 aromatic heterocycles. The Hall–Kier alpha value is -2.91. The summed E-state index contributed by atoms with van der Waals surface area (Å²) in [4.78, 5) is 38.1. The number of anilines is 2. The van der Waals surface area contributed by atoms with E-state index in [-0.39, 0.29) is 17.4 Å². The van der Waals surface area contributed by atoms with E-state index in [1.54, 1.807) is 11.8 Å². The van der Waals surface area contributed by atoms with E-state index in [1.807, 2.05) is 4.90 Å². The van der Waals surface area contributed by atoms with Gasteiger partial charge in [-0.3, -0.25) is 14.6 Å². The molecule has 3 heterocycles. The predicted octanol–water partition coefficient (Wildman–Crippen LogP) is -1.15. The number of H-pyrrole nitrogens is 1. The summed E-state index contributed by atoms with van der Waals surface area (Å²) < 4.78 is 1.54. The standard InChI is InChI=1S/C13H18N8O2/c1-9(21-8-15-7-16-21)12(23)20-4-2-19(3-5-20)10-6-11(22)18-13(14)17-10/h6-9H,2-5H2,1H3,(H3,14,17,18,22). The average Bonchev–Trinajstić information content (AvgIpc) is 3.07. The van der Waals surface area contributed by atoms with Crippen LogP contribution >= 0.6 is 0 Å². The number of amides is 1. The summed E-state index contributed by atoms with van der Waals surface area (Å²) in [6.45, 7) is 4.07. The topological polar surface area (TPSA) is 126 Å². The van der Waals surface area contributed by atoms with Crippen LogP contribution in [0, 0.1) is 0 Å². The Kier molecular flexibility index (Phi) is 3.96. The fourth-order valence-corrected chi connectivity index (χ4v) is 2.58. The van der Waals surface area contributed by atoms with Crippen molar-refractivity contribution in [2.24, 2.45) is 0 Å². The van der Waals surface area contributed by atoms with Crippen LogP contribution in [0.3, 0.4) is 0 Å². The smallest absolute Gasteiger partial charge is 0.254 e. The Balaban J connectivity index is 1.64. The van der Waals surface area contributed by atoms with Crippen LogP contribution in [-0.4, -0.2) is 61.7 Å². The molecule has 3 rings (SSSR count). The lowest BCUT2D eigenvalue weighted by atomic mass is 10.2. The third-order valence-corrected chi connectivity index (χ3v) is 3.85. The number of hydrogen-bond donors (Lipinski definition) is 2. The molecule has 1 aliphatic rings. The molecule has 10 nitrogen and oxygen atoms in total. The molecule has 0 spiro atoms. The number of carbonyl (C=O) groups is 1. The Labute approximate surface area is 131 Å². The number of aromatic amines is 1. The predicted molar refractivity (Wildman–Crippen MR) is 82.8 cm³/mol. The summed E-state index contributed by atoms with van der Waals surface area (Å²) >= 11 is 0. The minimum absolute atomic E-state index is 0.00599. The molecule has 0 saturated carbocycles. The number of aromatic nitrogens is 5. The van der Waals surface area contributed by atoms with Crippen molar-refractivity contribution < 1.29 is 4.79 Å². The van der Waals surface area contributed by atoms with E-state index in [4.69, 9.17) is 5.73 Å². The van der Waals surface area contributed by atoms with Gasteiger partial charge >= 0.3 is 0 Å². The van der Waals surface area contributed by atoms with Crippen LogP contribution in [0.5, 0.6) is 0 Å². The van der Waals surface area contributed by atoms with Gasteiger partial charge in [0.25, 0.3) is 5.56 Å². The maximum Gasteiger partial charge on any atom is 0.254 e. The molecule has 1 aliphatic heterocycles. The van der Waals surface area contributed by atoms with Crippen LogP contribution in [0.1, 0.15) is 13.0 Å². The SMILES string of the molecule is CC(C(=O)N1CCN(c2cc(=O)[nH]c(N)n2)CC1)n1cncn1. The monoisotopic (exact) mass is 318 g/mol. The number of rotatable bonds is 3. The third-order valence-electron chi connectivity index (χ3n) is 3.85. The van der Waals surface area contributed by atoms with Crippen molar-refractivity contribution in [2.45, 2.75) is 13.0 Å². The fourth-order valence-electron chi connectivity index (χ4n) is 2.58. The Morgan fingerprint density at radius 3 is 2.70 bits per heavy atom. The Bertz CT molecular complexity index is 733. The van der Waals surface area contributed by atoms with Gasteiger partial charge in [0, 0.05) is 32.2 Å². The van der Waals surface area contributed by atoms with Crippen molar-refractivity contribution >= 4 is 17.7 Å². The number of nitrogen functional groups attached to an aromatic ring is 1. The molecule has 1 atom stereocenters. The molecule has 0 aliphatic carbocycles. The van der Waals surface area contributed by atoms with Crippen LogP contribution in [0.4, 0.5) is 11.8 Å².